The van der Waals surface area contributed by atoms with Gasteiger partial charge in [0.05, 0.1) is 5.56 Å². The summed E-state index contributed by atoms with van der Waals surface area (Å²) >= 11 is 0. The van der Waals surface area contributed by atoms with E-state index in [-0.39, 0.29) is 39.5 Å². The van der Waals surface area contributed by atoms with Gasteiger partial charge in [-0.15, -0.1) is 0 Å². The van der Waals surface area contributed by atoms with Crippen molar-refractivity contribution in [3.05, 3.63) is 89.0 Å². The first kappa shape index (κ1) is 28.8. The topological polar surface area (TPSA) is 94.5 Å². The zero-order chi connectivity index (χ0) is 28.7. The van der Waals surface area contributed by atoms with Crippen molar-refractivity contribution in [2.45, 2.75) is 38.7 Å². The minimum Gasteiger partial charge on any atom is -0.484 e. The fourth-order valence-corrected chi connectivity index (χ4v) is 4.15. The van der Waals surface area contributed by atoms with Gasteiger partial charge < -0.3 is 29.0 Å². The summed E-state index contributed by atoms with van der Waals surface area (Å²) in [7, 11) is 0. The van der Waals surface area contributed by atoms with Crippen molar-refractivity contribution < 1.29 is 46.8 Å². The molecule has 1 heterocycles. The number of carbonyl (C=O) groups excluding carboxylic acids is 1. The molecule has 0 aromatic heterocycles. The highest BCUT2D eigenvalue weighted by Gasteiger charge is 2.30. The number of alkyl halides is 3. The molecule has 1 aliphatic heterocycles. The average Bonchev–Trinajstić information content (AvgIpc) is 3.39. The Balaban J connectivity index is 1.46. The minimum atomic E-state index is -4.51. The number of fused-ring (bicyclic) bond motifs is 1. The number of ether oxygens (including phenoxy) is 4. The van der Waals surface area contributed by atoms with Crippen molar-refractivity contribution in [2.75, 3.05) is 20.0 Å². The molecular formula is C29H28F3NO7. The lowest BCUT2D eigenvalue weighted by Gasteiger charge is -2.24. The van der Waals surface area contributed by atoms with E-state index in [9.17, 15) is 27.9 Å². The number of aliphatic carboxylic acids is 1. The molecule has 0 spiro atoms. The van der Waals surface area contributed by atoms with E-state index in [1.807, 2.05) is 0 Å². The van der Waals surface area contributed by atoms with Crippen LogP contribution in [0.4, 0.5) is 13.2 Å². The second-order valence-corrected chi connectivity index (χ2v) is 9.05. The minimum absolute atomic E-state index is 0.0759. The van der Waals surface area contributed by atoms with Gasteiger partial charge >= 0.3 is 12.1 Å². The second kappa shape index (κ2) is 12.7. The van der Waals surface area contributed by atoms with Crippen LogP contribution in [0.2, 0.25) is 0 Å². The van der Waals surface area contributed by atoms with Gasteiger partial charge in [-0.3, -0.25) is 4.79 Å². The summed E-state index contributed by atoms with van der Waals surface area (Å²) in [6.45, 7) is 1.73. The summed E-state index contributed by atoms with van der Waals surface area (Å²) in [6.07, 6.45) is -5.31. The van der Waals surface area contributed by atoms with E-state index in [0.29, 0.717) is 33.9 Å². The number of hydrogen-bond donors (Lipinski definition) is 1. The Hall–Kier alpha value is -4.25. The van der Waals surface area contributed by atoms with Crippen molar-refractivity contribution in [1.29, 1.82) is 0 Å². The maximum atomic E-state index is 13.3. The smallest absolute Gasteiger partial charge is 0.416 e. The predicted molar refractivity (Wildman–Crippen MR) is 137 cm³/mol. The van der Waals surface area contributed by atoms with Gasteiger partial charge in [0.2, 0.25) is 6.79 Å². The Morgan fingerprint density at radius 3 is 2.30 bits per heavy atom. The molecule has 8 nitrogen and oxygen atoms in total. The molecule has 40 heavy (non-hydrogen) atoms. The van der Waals surface area contributed by atoms with Gasteiger partial charge in [0, 0.05) is 26.1 Å². The molecule has 0 saturated heterocycles. The van der Waals surface area contributed by atoms with Crippen LogP contribution in [0.5, 0.6) is 17.2 Å². The summed E-state index contributed by atoms with van der Waals surface area (Å²) in [6, 6.07) is 16.6. The SMILES string of the molecule is CCO[C@@H](Cc1ccc(OCC(=O)N(Cc2cccc(C(F)(F)F)c2)Cc2ccc3c(c2)OCO3)cc1)C(=O)O. The largest absolute Gasteiger partial charge is 0.484 e. The van der Waals surface area contributed by atoms with E-state index in [1.165, 1.54) is 17.0 Å². The van der Waals surface area contributed by atoms with E-state index in [4.69, 9.17) is 18.9 Å². The molecule has 1 amide bonds. The lowest BCUT2D eigenvalue weighted by Crippen LogP contribution is -2.34. The van der Waals surface area contributed by atoms with E-state index in [2.05, 4.69) is 0 Å². The Morgan fingerprint density at radius 2 is 1.62 bits per heavy atom. The van der Waals surface area contributed by atoms with Crippen molar-refractivity contribution in [3.8, 4) is 17.2 Å². The number of nitrogens with zero attached hydrogens (tertiary/aromatic N) is 1. The zero-order valence-corrected chi connectivity index (χ0v) is 21.6. The van der Waals surface area contributed by atoms with Crippen LogP contribution in [0.3, 0.4) is 0 Å². The quantitative estimate of drug-likeness (QED) is 0.331. The van der Waals surface area contributed by atoms with E-state index in [0.717, 1.165) is 12.1 Å². The van der Waals surface area contributed by atoms with Crippen molar-refractivity contribution in [3.63, 3.8) is 0 Å². The third-order valence-corrected chi connectivity index (χ3v) is 6.14. The molecule has 0 radical (unpaired) electrons. The van der Waals surface area contributed by atoms with Crippen LogP contribution in [0.1, 0.15) is 29.2 Å². The maximum absolute atomic E-state index is 13.3. The van der Waals surface area contributed by atoms with Crippen LogP contribution in [-0.2, 0) is 40.0 Å². The van der Waals surface area contributed by atoms with Crippen LogP contribution >= 0.6 is 0 Å². The van der Waals surface area contributed by atoms with Crippen LogP contribution in [0, 0.1) is 0 Å². The van der Waals surface area contributed by atoms with Gasteiger partial charge in [-0.2, -0.15) is 13.2 Å². The normalized spacial score (nSPS) is 13.1. The predicted octanol–water partition coefficient (Wildman–Crippen LogP) is 5.07. The number of amides is 1. The summed E-state index contributed by atoms with van der Waals surface area (Å²) in [5, 5.41) is 9.27. The molecule has 0 unspecified atom stereocenters. The lowest BCUT2D eigenvalue weighted by molar-refractivity contribution is -0.150. The first-order valence-electron chi connectivity index (χ1n) is 12.5. The maximum Gasteiger partial charge on any atom is 0.416 e. The molecular weight excluding hydrogens is 531 g/mol. The van der Waals surface area contributed by atoms with Gasteiger partial charge in [0.1, 0.15) is 5.75 Å². The molecule has 3 aromatic carbocycles. The number of carboxylic acid groups (broad SMARTS) is 1. The van der Waals surface area contributed by atoms with Gasteiger partial charge in [-0.05, 0) is 60.0 Å². The first-order valence-corrected chi connectivity index (χ1v) is 12.5. The fraction of sp³-hybridized carbons (Fsp3) is 0.310. The highest BCUT2D eigenvalue weighted by atomic mass is 19.4. The Morgan fingerprint density at radius 1 is 0.950 bits per heavy atom. The molecule has 0 saturated carbocycles. The summed E-state index contributed by atoms with van der Waals surface area (Å²) in [5.41, 5.74) is 0.937. The molecule has 4 rings (SSSR count). The monoisotopic (exact) mass is 559 g/mol. The lowest BCUT2D eigenvalue weighted by atomic mass is 10.1. The van der Waals surface area contributed by atoms with E-state index < -0.39 is 29.7 Å². The zero-order valence-electron chi connectivity index (χ0n) is 21.6. The number of carbonyl (C=O) groups is 2. The van der Waals surface area contributed by atoms with Gasteiger partial charge in [0.15, 0.2) is 24.2 Å². The molecule has 212 valence electrons. The number of halogens is 3. The third-order valence-electron chi connectivity index (χ3n) is 6.14. The van der Waals surface area contributed by atoms with Crippen molar-refractivity contribution in [2.24, 2.45) is 0 Å². The van der Waals surface area contributed by atoms with Crippen LogP contribution in [-0.4, -0.2) is 48.0 Å². The number of benzene rings is 3. The van der Waals surface area contributed by atoms with Gasteiger partial charge in [-0.25, -0.2) is 4.79 Å². The molecule has 11 heteroatoms. The average molecular weight is 560 g/mol. The van der Waals surface area contributed by atoms with Gasteiger partial charge in [0.25, 0.3) is 5.91 Å². The molecule has 0 bridgehead atoms. The molecule has 3 aromatic rings. The fourth-order valence-electron chi connectivity index (χ4n) is 4.15. The Labute approximate surface area is 228 Å². The third kappa shape index (κ3) is 7.66. The molecule has 0 fully saturated rings. The van der Waals surface area contributed by atoms with Crippen LogP contribution in [0.25, 0.3) is 0 Å². The Kier molecular flexibility index (Phi) is 9.15. The first-order chi connectivity index (χ1) is 19.1. The highest BCUT2D eigenvalue weighted by Crippen LogP contribution is 2.33. The molecule has 1 aliphatic rings. The van der Waals surface area contributed by atoms with Crippen LogP contribution in [0.15, 0.2) is 66.7 Å². The summed E-state index contributed by atoms with van der Waals surface area (Å²) in [5.74, 6) is -0.0305. The molecule has 0 aliphatic carbocycles. The highest BCUT2D eigenvalue weighted by molar-refractivity contribution is 5.78. The number of carboxylic acids is 1. The molecule has 1 atom stereocenters. The van der Waals surface area contributed by atoms with Crippen LogP contribution < -0.4 is 14.2 Å². The van der Waals surface area contributed by atoms with Crippen molar-refractivity contribution >= 4 is 11.9 Å². The number of hydrogen-bond acceptors (Lipinski definition) is 6. The van der Waals surface area contributed by atoms with E-state index in [1.54, 1.807) is 49.4 Å². The van der Waals surface area contributed by atoms with E-state index >= 15 is 0 Å². The summed E-state index contributed by atoms with van der Waals surface area (Å²) in [4.78, 5) is 26.0. The van der Waals surface area contributed by atoms with Gasteiger partial charge in [-0.1, -0.05) is 30.3 Å². The standard InChI is InChI=1S/C29H28F3NO7/c1-2-37-26(28(35)36)13-19-6-9-23(10-7-19)38-17-27(34)33(15-20-4-3-5-22(12-20)29(30,31)32)16-21-8-11-24-25(14-21)40-18-39-24/h3-12,14,26H,2,13,15-18H2,1H3,(H,35,36)/t26-/m0/s1. The number of rotatable bonds is 12. The summed E-state index contributed by atoms with van der Waals surface area (Å²) < 4.78 is 61.4. The van der Waals surface area contributed by atoms with Crippen molar-refractivity contribution in [1.82, 2.24) is 4.90 Å². The molecule has 1 N–H and O–H groups in total. The second-order valence-electron chi connectivity index (χ2n) is 9.05. The Bertz CT molecular complexity index is 1330.